The molecule has 9 N–H and O–H groups in total. The molecule has 1 saturated carbocycles. The molecule has 14 unspecified atom stereocenters. The second-order valence-corrected chi connectivity index (χ2v) is 18.6. The van der Waals surface area contributed by atoms with Crippen molar-refractivity contribution in [3.63, 3.8) is 0 Å². The molecule has 14 atom stereocenters. The third-order valence-corrected chi connectivity index (χ3v) is 14.0. The van der Waals surface area contributed by atoms with Gasteiger partial charge in [-0.25, -0.2) is 0 Å². The molecule has 9 heteroatoms. The molecule has 6 saturated heterocycles. The van der Waals surface area contributed by atoms with Crippen LogP contribution < -0.4 is 47.9 Å². The van der Waals surface area contributed by atoms with Crippen molar-refractivity contribution in [2.24, 2.45) is 29.6 Å². The highest BCUT2D eigenvalue weighted by Gasteiger charge is 2.21. The fourth-order valence-electron chi connectivity index (χ4n) is 7.19. The van der Waals surface area contributed by atoms with Gasteiger partial charge in [-0.1, -0.05) is 53.9 Å². The predicted molar refractivity (Wildman–Crippen MR) is 240 cm³/mol. The van der Waals surface area contributed by atoms with Gasteiger partial charge in [0.15, 0.2) is 0 Å². The first-order valence-corrected chi connectivity index (χ1v) is 23.2. The minimum Gasteiger partial charge on any atom is -0.314 e. The van der Waals surface area contributed by atoms with E-state index in [4.69, 9.17) is 0 Å². The van der Waals surface area contributed by atoms with Crippen LogP contribution in [0.25, 0.3) is 0 Å². The first kappa shape index (κ1) is 51.7. The lowest BCUT2D eigenvalue weighted by molar-refractivity contribution is 0.219. The van der Waals surface area contributed by atoms with Gasteiger partial charge >= 0.3 is 0 Å². The number of piperidine rings is 1. The van der Waals surface area contributed by atoms with Crippen molar-refractivity contribution in [2.45, 2.75) is 209 Å². The SMILES string of the molecule is CC1CCC1C.CC1CCCCNC1C.CC1CCCNC1C.CC1CCNC1C.CC1NCCCNC1C.CC1NCCNC1C.CC1NCNC1C. The number of hydrogen-bond acceptors (Lipinski definition) is 9. The zero-order chi connectivity index (χ0) is 40.5. The summed E-state index contributed by atoms with van der Waals surface area (Å²) >= 11 is 0. The normalized spacial score (nSPS) is 40.3. The topological polar surface area (TPSA) is 108 Å². The largest absolute Gasteiger partial charge is 0.314 e. The molecule has 324 valence electrons. The molecule has 7 aliphatic rings. The van der Waals surface area contributed by atoms with E-state index in [1.54, 1.807) is 0 Å². The number of rotatable bonds is 0. The van der Waals surface area contributed by atoms with Crippen molar-refractivity contribution in [2.75, 3.05) is 52.5 Å². The Morgan fingerprint density at radius 2 is 0.537 bits per heavy atom. The molecule has 0 spiro atoms. The highest BCUT2D eigenvalue weighted by atomic mass is 15.2. The first-order chi connectivity index (χ1) is 25.6. The van der Waals surface area contributed by atoms with Crippen LogP contribution in [0.4, 0.5) is 0 Å². The van der Waals surface area contributed by atoms with E-state index in [0.29, 0.717) is 36.3 Å². The minimum atomic E-state index is 0.632. The zero-order valence-corrected chi connectivity index (χ0v) is 38.6. The molecule has 0 aromatic heterocycles. The quantitative estimate of drug-likeness (QED) is 0.138. The van der Waals surface area contributed by atoms with Crippen LogP contribution in [-0.2, 0) is 0 Å². The maximum atomic E-state index is 3.49. The first-order valence-electron chi connectivity index (χ1n) is 23.2. The Labute approximate surface area is 338 Å². The smallest absolute Gasteiger partial charge is 0.0459 e. The minimum absolute atomic E-state index is 0.632. The third kappa shape index (κ3) is 23.8. The molecular weight excluding hydrogens is 667 g/mol. The van der Waals surface area contributed by atoms with Crippen LogP contribution in [0, 0.1) is 29.6 Å². The highest BCUT2D eigenvalue weighted by Crippen LogP contribution is 2.32. The summed E-state index contributed by atoms with van der Waals surface area (Å²) in [6.45, 7) is 40.9. The number of nitrogens with one attached hydrogen (secondary N) is 9. The third-order valence-electron chi connectivity index (χ3n) is 14.0. The molecule has 54 heavy (non-hydrogen) atoms. The zero-order valence-electron chi connectivity index (χ0n) is 38.6. The summed E-state index contributed by atoms with van der Waals surface area (Å²) < 4.78 is 0. The Kier molecular flexibility index (Phi) is 29.4. The number of hydrogen-bond donors (Lipinski definition) is 9. The van der Waals surface area contributed by atoms with E-state index in [-0.39, 0.29) is 0 Å². The lowest BCUT2D eigenvalue weighted by Gasteiger charge is -2.29. The Hall–Kier alpha value is -0.360. The van der Waals surface area contributed by atoms with Gasteiger partial charge in [0.25, 0.3) is 0 Å². The summed E-state index contributed by atoms with van der Waals surface area (Å²) in [6, 6.07) is 6.11. The molecule has 0 radical (unpaired) electrons. The lowest BCUT2D eigenvalue weighted by atomic mass is 9.77. The predicted octanol–water partition coefficient (Wildman–Crippen LogP) is 6.45. The molecule has 0 aromatic carbocycles. The summed E-state index contributed by atoms with van der Waals surface area (Å²) in [4.78, 5) is 0. The van der Waals surface area contributed by atoms with Gasteiger partial charge in [0.05, 0.1) is 0 Å². The molecular formula is C45H99N9. The monoisotopic (exact) mass is 766 g/mol. The molecule has 0 amide bonds. The van der Waals surface area contributed by atoms with Crippen LogP contribution in [0.5, 0.6) is 0 Å². The van der Waals surface area contributed by atoms with Crippen molar-refractivity contribution in [3.8, 4) is 0 Å². The van der Waals surface area contributed by atoms with Crippen LogP contribution in [0.15, 0.2) is 0 Å². The maximum Gasteiger partial charge on any atom is 0.0459 e. The molecule has 0 aromatic rings. The van der Waals surface area contributed by atoms with Crippen LogP contribution in [0.1, 0.15) is 155 Å². The van der Waals surface area contributed by atoms with Crippen molar-refractivity contribution in [3.05, 3.63) is 0 Å². The van der Waals surface area contributed by atoms with E-state index in [9.17, 15) is 0 Å². The second kappa shape index (κ2) is 30.7. The van der Waals surface area contributed by atoms with Gasteiger partial charge in [-0.3, -0.25) is 0 Å². The number of piperazine rings is 1. The van der Waals surface area contributed by atoms with Crippen molar-refractivity contribution >= 4 is 0 Å². The summed E-state index contributed by atoms with van der Waals surface area (Å²) in [6.07, 6.45) is 12.5. The molecule has 9 nitrogen and oxygen atoms in total. The van der Waals surface area contributed by atoms with Crippen molar-refractivity contribution in [1.29, 1.82) is 0 Å². The highest BCUT2D eigenvalue weighted by molar-refractivity contribution is 4.81. The van der Waals surface area contributed by atoms with Crippen LogP contribution in [0.3, 0.4) is 0 Å². The van der Waals surface area contributed by atoms with Gasteiger partial charge in [-0.05, 0) is 163 Å². The Balaban J connectivity index is 0.000000316. The Bertz CT molecular complexity index is 739. The summed E-state index contributed by atoms with van der Waals surface area (Å²) in [7, 11) is 0. The van der Waals surface area contributed by atoms with Crippen molar-refractivity contribution < 1.29 is 0 Å². The van der Waals surface area contributed by atoms with Gasteiger partial charge in [0, 0.05) is 74.1 Å². The molecule has 0 bridgehead atoms. The van der Waals surface area contributed by atoms with Crippen LogP contribution in [-0.4, -0.2) is 107 Å². The van der Waals surface area contributed by atoms with E-state index in [1.807, 2.05) is 0 Å². The van der Waals surface area contributed by atoms with E-state index < -0.39 is 0 Å². The van der Waals surface area contributed by atoms with E-state index in [0.717, 1.165) is 67.5 Å². The molecule has 1 aliphatic carbocycles. The lowest BCUT2D eigenvalue weighted by Crippen LogP contribution is -2.52. The van der Waals surface area contributed by atoms with Crippen LogP contribution >= 0.6 is 0 Å². The van der Waals surface area contributed by atoms with E-state index in [2.05, 4.69) is 145 Å². The van der Waals surface area contributed by atoms with E-state index in [1.165, 1.54) is 90.5 Å². The molecule has 6 aliphatic heterocycles. The molecule has 7 rings (SSSR count). The Morgan fingerprint density at radius 1 is 0.222 bits per heavy atom. The standard InChI is InChI=1S/C8H17N.C7H16N2.C7H15N.C6H14N2.C6H13N.C6H12.C5H12N2/c1-7-5-3-4-6-9-8(7)2;1-6-7(2)9-5-3-4-8-6;1-6-4-3-5-8-7(6)2;1-5-6(2)8-4-3-7-5;1-5-3-4-7-6(5)2;1-5-3-4-6(5)2;1-4-5(2)7-3-6-4/h7-9H,3-6H2,1-2H3;6-9H,3-5H2,1-2H3;6-8H,3-5H2,1-2H3;5-8H,3-4H2,1-2H3;5-7H,3-4H2,1-2H3;5-6H,3-4H2,1-2H3;4-7H,3H2,1-2H3. The fraction of sp³-hybridized carbons (Fsp3) is 1.00. The average molecular weight is 766 g/mol. The van der Waals surface area contributed by atoms with E-state index >= 15 is 0 Å². The summed E-state index contributed by atoms with van der Waals surface area (Å²) in [5, 5.41) is 30.4. The average Bonchev–Trinajstić information content (AvgIpc) is 3.59. The summed E-state index contributed by atoms with van der Waals surface area (Å²) in [5.74, 6) is 4.74. The van der Waals surface area contributed by atoms with Gasteiger partial charge in [-0.2, -0.15) is 0 Å². The van der Waals surface area contributed by atoms with Gasteiger partial charge in [0.2, 0.25) is 0 Å². The molecule has 6 heterocycles. The van der Waals surface area contributed by atoms with Gasteiger partial charge < -0.3 is 47.9 Å². The maximum absolute atomic E-state index is 3.49. The second-order valence-electron chi connectivity index (χ2n) is 18.6. The molecule has 7 fully saturated rings. The van der Waals surface area contributed by atoms with Gasteiger partial charge in [0.1, 0.15) is 0 Å². The van der Waals surface area contributed by atoms with Crippen LogP contribution in [0.2, 0.25) is 0 Å². The fourth-order valence-corrected chi connectivity index (χ4v) is 7.19. The van der Waals surface area contributed by atoms with Crippen molar-refractivity contribution in [1.82, 2.24) is 47.9 Å². The van der Waals surface area contributed by atoms with Gasteiger partial charge in [-0.15, -0.1) is 0 Å². The summed E-state index contributed by atoms with van der Waals surface area (Å²) in [5.41, 5.74) is 0. The Morgan fingerprint density at radius 3 is 0.852 bits per heavy atom.